The monoisotopic (exact) mass is 426 g/mol. The van der Waals surface area contributed by atoms with Crippen LogP contribution < -0.4 is 10.2 Å². The van der Waals surface area contributed by atoms with Crippen LogP contribution in [0.4, 0.5) is 0 Å². The predicted molar refractivity (Wildman–Crippen MR) is 122 cm³/mol. The fourth-order valence-corrected chi connectivity index (χ4v) is 3.53. The molecule has 6 heteroatoms. The van der Waals surface area contributed by atoms with Crippen molar-refractivity contribution >= 4 is 21.9 Å². The molecule has 0 aliphatic heterocycles. The van der Waals surface area contributed by atoms with Crippen LogP contribution >= 0.6 is 0 Å². The van der Waals surface area contributed by atoms with Gasteiger partial charge in [0.1, 0.15) is 45.8 Å². The molecule has 3 aromatic rings. The normalized spacial score (nSPS) is 12.6. The van der Waals surface area contributed by atoms with Crippen molar-refractivity contribution in [3.05, 3.63) is 51.7 Å². The highest BCUT2D eigenvalue weighted by Gasteiger charge is 2.17. The van der Waals surface area contributed by atoms with Crippen LogP contribution in [0.5, 0.6) is 17.2 Å². The van der Waals surface area contributed by atoms with Gasteiger partial charge in [0.25, 0.3) is 0 Å². The lowest BCUT2D eigenvalue weighted by Crippen LogP contribution is -2.21. The molecule has 2 aromatic carbocycles. The lowest BCUT2D eigenvalue weighted by atomic mass is 9.99. The summed E-state index contributed by atoms with van der Waals surface area (Å²) in [5.74, 6) is -0.0144. The highest BCUT2D eigenvalue weighted by atomic mass is 16.5. The maximum Gasteiger partial charge on any atom is 0.208 e. The van der Waals surface area contributed by atoms with E-state index in [1.807, 2.05) is 6.08 Å². The number of hydrogen-bond donors (Lipinski definition) is 2. The third-order valence-corrected chi connectivity index (χ3v) is 5.54. The van der Waals surface area contributed by atoms with Crippen LogP contribution in [-0.4, -0.2) is 29.5 Å². The SMILES string of the molecule is COC(C)(C)CCCC(C)=CCOc1cc(O)c2c(=O)c3c(O)cc(C)cc3oc2c1. The standard InChI is InChI=1S/C25H30O6/c1-15(7-6-9-25(3,4)29-5)8-10-30-17-13-19(27)23-21(14-17)31-20-12-16(2)11-18(26)22(20)24(23)28/h8,11-14,26-27H,6-7,9-10H2,1-5H3. The Balaban J connectivity index is 1.78. The van der Waals surface area contributed by atoms with Crippen molar-refractivity contribution in [3.8, 4) is 17.2 Å². The molecule has 3 rings (SSSR count). The number of aromatic hydroxyl groups is 2. The van der Waals surface area contributed by atoms with E-state index in [9.17, 15) is 15.0 Å². The first-order chi connectivity index (χ1) is 14.6. The first-order valence-electron chi connectivity index (χ1n) is 10.4. The first-order valence-corrected chi connectivity index (χ1v) is 10.4. The van der Waals surface area contributed by atoms with Crippen LogP contribution in [0.15, 0.2) is 45.1 Å². The van der Waals surface area contributed by atoms with Gasteiger partial charge in [-0.2, -0.15) is 0 Å². The van der Waals surface area contributed by atoms with E-state index in [1.165, 1.54) is 17.7 Å². The molecule has 1 aromatic heterocycles. The molecule has 0 aliphatic carbocycles. The molecule has 2 N–H and O–H groups in total. The zero-order valence-corrected chi connectivity index (χ0v) is 18.7. The summed E-state index contributed by atoms with van der Waals surface area (Å²) in [6.07, 6.45) is 4.93. The molecule has 0 aliphatic rings. The zero-order chi connectivity index (χ0) is 22.8. The summed E-state index contributed by atoms with van der Waals surface area (Å²) in [6, 6.07) is 6.14. The van der Waals surface area contributed by atoms with E-state index < -0.39 is 5.43 Å². The molecule has 0 fully saturated rings. The van der Waals surface area contributed by atoms with Crippen LogP contribution in [0.3, 0.4) is 0 Å². The van der Waals surface area contributed by atoms with Crippen LogP contribution in [0, 0.1) is 6.92 Å². The molecule has 0 amide bonds. The van der Waals surface area contributed by atoms with Gasteiger partial charge in [-0.3, -0.25) is 4.79 Å². The van der Waals surface area contributed by atoms with Crippen LogP contribution in [0.2, 0.25) is 0 Å². The van der Waals surface area contributed by atoms with Gasteiger partial charge in [0, 0.05) is 19.2 Å². The maximum absolute atomic E-state index is 12.8. The van der Waals surface area contributed by atoms with E-state index in [0.717, 1.165) is 24.8 Å². The summed E-state index contributed by atoms with van der Waals surface area (Å²) in [4.78, 5) is 12.8. The molecule has 0 unspecified atom stereocenters. The van der Waals surface area contributed by atoms with Gasteiger partial charge < -0.3 is 24.1 Å². The van der Waals surface area contributed by atoms with Gasteiger partial charge in [0.05, 0.1) is 5.60 Å². The number of benzene rings is 2. The Kier molecular flexibility index (Phi) is 6.60. The summed E-state index contributed by atoms with van der Waals surface area (Å²) in [5.41, 5.74) is 1.84. The smallest absolute Gasteiger partial charge is 0.208 e. The van der Waals surface area contributed by atoms with Gasteiger partial charge in [-0.25, -0.2) is 0 Å². The Morgan fingerprint density at radius 1 is 1.10 bits per heavy atom. The van der Waals surface area contributed by atoms with Crippen LogP contribution in [0.25, 0.3) is 21.9 Å². The second-order valence-corrected chi connectivity index (χ2v) is 8.58. The van der Waals surface area contributed by atoms with Crippen molar-refractivity contribution in [2.75, 3.05) is 13.7 Å². The number of phenols is 2. The summed E-state index contributed by atoms with van der Waals surface area (Å²) in [5, 5.41) is 20.6. The van der Waals surface area contributed by atoms with Crippen molar-refractivity contribution in [1.29, 1.82) is 0 Å². The van der Waals surface area contributed by atoms with Gasteiger partial charge in [-0.1, -0.05) is 5.57 Å². The number of methoxy groups -OCH3 is 1. The average Bonchev–Trinajstić information content (AvgIpc) is 2.66. The van der Waals surface area contributed by atoms with E-state index in [0.29, 0.717) is 12.4 Å². The molecular formula is C25H30O6. The lowest BCUT2D eigenvalue weighted by Gasteiger charge is -2.22. The van der Waals surface area contributed by atoms with Crippen LogP contribution in [-0.2, 0) is 4.74 Å². The number of phenolic OH excluding ortho intramolecular Hbond substituents is 2. The third kappa shape index (κ3) is 5.20. The van der Waals surface area contributed by atoms with Gasteiger partial charge in [-0.15, -0.1) is 0 Å². The van der Waals surface area contributed by atoms with E-state index in [-0.39, 0.29) is 39.0 Å². The molecule has 0 spiro atoms. The highest BCUT2D eigenvalue weighted by molar-refractivity contribution is 5.96. The quantitative estimate of drug-likeness (QED) is 0.361. The number of allylic oxidation sites excluding steroid dienone is 1. The Labute approximate surface area is 181 Å². The Morgan fingerprint density at radius 3 is 2.42 bits per heavy atom. The number of aryl methyl sites for hydroxylation is 1. The lowest BCUT2D eigenvalue weighted by molar-refractivity contribution is 0.0140. The van der Waals surface area contributed by atoms with E-state index in [1.54, 1.807) is 26.2 Å². The second kappa shape index (κ2) is 9.02. The number of rotatable bonds is 8. The fraction of sp³-hybridized carbons (Fsp3) is 0.400. The van der Waals surface area contributed by atoms with Crippen molar-refractivity contribution in [2.24, 2.45) is 0 Å². The summed E-state index contributed by atoms with van der Waals surface area (Å²) >= 11 is 0. The minimum absolute atomic E-state index is 0.0199. The van der Waals surface area contributed by atoms with Crippen molar-refractivity contribution < 1.29 is 24.1 Å². The fourth-order valence-electron chi connectivity index (χ4n) is 3.53. The molecule has 0 atom stereocenters. The first kappa shape index (κ1) is 22.7. The summed E-state index contributed by atoms with van der Waals surface area (Å²) in [7, 11) is 1.73. The predicted octanol–water partition coefficient (Wildman–Crippen LogP) is 5.59. The van der Waals surface area contributed by atoms with Gasteiger partial charge >= 0.3 is 0 Å². The number of hydrogen-bond acceptors (Lipinski definition) is 6. The second-order valence-electron chi connectivity index (χ2n) is 8.58. The van der Waals surface area contributed by atoms with Gasteiger partial charge in [-0.05, 0) is 70.7 Å². The molecule has 31 heavy (non-hydrogen) atoms. The Morgan fingerprint density at radius 2 is 1.74 bits per heavy atom. The molecule has 0 radical (unpaired) electrons. The molecule has 1 heterocycles. The summed E-state index contributed by atoms with van der Waals surface area (Å²) < 4.78 is 17.0. The average molecular weight is 427 g/mol. The van der Waals surface area contributed by atoms with Gasteiger partial charge in [0.2, 0.25) is 5.43 Å². The zero-order valence-electron chi connectivity index (χ0n) is 18.7. The molecule has 0 saturated carbocycles. The van der Waals surface area contributed by atoms with Crippen molar-refractivity contribution in [1.82, 2.24) is 0 Å². The largest absolute Gasteiger partial charge is 0.507 e. The van der Waals surface area contributed by atoms with Crippen LogP contribution in [0.1, 0.15) is 45.6 Å². The van der Waals surface area contributed by atoms with E-state index >= 15 is 0 Å². The highest BCUT2D eigenvalue weighted by Crippen LogP contribution is 2.33. The molecule has 0 bridgehead atoms. The van der Waals surface area contributed by atoms with Crippen molar-refractivity contribution in [3.63, 3.8) is 0 Å². The third-order valence-electron chi connectivity index (χ3n) is 5.54. The molecule has 0 saturated heterocycles. The maximum atomic E-state index is 12.8. The Bertz CT molecular complexity index is 1190. The Hall–Kier alpha value is -2.99. The summed E-state index contributed by atoms with van der Waals surface area (Å²) in [6.45, 7) is 8.34. The van der Waals surface area contributed by atoms with Crippen molar-refractivity contribution in [2.45, 2.75) is 52.6 Å². The number of fused-ring (bicyclic) bond motifs is 2. The molecular weight excluding hydrogens is 396 g/mol. The van der Waals surface area contributed by atoms with E-state index in [2.05, 4.69) is 20.8 Å². The minimum Gasteiger partial charge on any atom is -0.507 e. The number of ether oxygens (including phenoxy) is 2. The minimum atomic E-state index is -0.479. The van der Waals surface area contributed by atoms with Gasteiger partial charge in [0.15, 0.2) is 0 Å². The molecule has 6 nitrogen and oxygen atoms in total. The topological polar surface area (TPSA) is 89.1 Å². The van der Waals surface area contributed by atoms with E-state index in [4.69, 9.17) is 13.9 Å². The molecule has 166 valence electrons.